The largest absolute Gasteiger partial charge is 0.271 e. The maximum atomic E-state index is 5.69. The van der Waals surface area contributed by atoms with Gasteiger partial charge in [-0.25, -0.2) is 5.43 Å². The van der Waals surface area contributed by atoms with Crippen LogP contribution in [-0.4, -0.2) is 4.98 Å². The Morgan fingerprint density at radius 3 is 2.50 bits per heavy atom. The second kappa shape index (κ2) is 5.76. The van der Waals surface area contributed by atoms with Crippen molar-refractivity contribution in [2.75, 3.05) is 0 Å². The van der Waals surface area contributed by atoms with E-state index in [0.29, 0.717) is 0 Å². The molecule has 1 heterocycles. The Kier molecular flexibility index (Phi) is 4.07. The summed E-state index contributed by atoms with van der Waals surface area (Å²) < 4.78 is 0. The molecular weight excluding hydrogens is 222 g/mol. The number of aryl methyl sites for hydroxylation is 2. The maximum Gasteiger partial charge on any atom is 0.0884 e. The highest BCUT2D eigenvalue weighted by Gasteiger charge is 2.15. The number of nitrogens with one attached hydrogen (secondary N) is 1. The molecule has 3 heteroatoms. The standard InChI is InChI=1S/C15H19N3/c1-3-12-6-8-13(9-7-12)15(18-16)14-11(2)5-4-10-17-14/h4-10,15,18H,3,16H2,1-2H3. The summed E-state index contributed by atoms with van der Waals surface area (Å²) in [6.45, 7) is 4.20. The van der Waals surface area contributed by atoms with Crippen LogP contribution in [0.2, 0.25) is 0 Å². The fraction of sp³-hybridized carbons (Fsp3) is 0.267. The summed E-state index contributed by atoms with van der Waals surface area (Å²) in [5.41, 5.74) is 7.43. The van der Waals surface area contributed by atoms with Crippen LogP contribution in [0.4, 0.5) is 0 Å². The van der Waals surface area contributed by atoms with Gasteiger partial charge in [0.05, 0.1) is 11.7 Å². The van der Waals surface area contributed by atoms with Gasteiger partial charge in [-0.15, -0.1) is 0 Å². The molecule has 3 nitrogen and oxygen atoms in total. The minimum atomic E-state index is -0.0582. The molecule has 0 aliphatic carbocycles. The topological polar surface area (TPSA) is 50.9 Å². The third-order valence-electron chi connectivity index (χ3n) is 3.21. The molecule has 18 heavy (non-hydrogen) atoms. The zero-order chi connectivity index (χ0) is 13.0. The molecule has 0 aliphatic heterocycles. The monoisotopic (exact) mass is 241 g/mol. The van der Waals surface area contributed by atoms with Crippen LogP contribution in [0.15, 0.2) is 42.6 Å². The Balaban J connectivity index is 2.36. The van der Waals surface area contributed by atoms with Crippen molar-refractivity contribution in [3.05, 3.63) is 65.0 Å². The van der Waals surface area contributed by atoms with E-state index < -0.39 is 0 Å². The number of hydrogen-bond acceptors (Lipinski definition) is 3. The summed E-state index contributed by atoms with van der Waals surface area (Å²) in [6.07, 6.45) is 2.84. The van der Waals surface area contributed by atoms with Gasteiger partial charge in [0.15, 0.2) is 0 Å². The fourth-order valence-electron chi connectivity index (χ4n) is 2.08. The molecule has 2 rings (SSSR count). The Labute approximate surface area is 108 Å². The van der Waals surface area contributed by atoms with Crippen molar-refractivity contribution >= 4 is 0 Å². The fourth-order valence-corrected chi connectivity index (χ4v) is 2.08. The van der Waals surface area contributed by atoms with Crippen molar-refractivity contribution in [2.24, 2.45) is 5.84 Å². The second-order valence-corrected chi connectivity index (χ2v) is 4.40. The minimum absolute atomic E-state index is 0.0582. The molecule has 0 radical (unpaired) electrons. The SMILES string of the molecule is CCc1ccc(C(NN)c2ncccc2C)cc1. The summed E-state index contributed by atoms with van der Waals surface area (Å²) in [5.74, 6) is 5.69. The molecule has 0 saturated carbocycles. The van der Waals surface area contributed by atoms with Crippen LogP contribution in [0, 0.1) is 6.92 Å². The van der Waals surface area contributed by atoms with Crippen LogP contribution in [0.25, 0.3) is 0 Å². The van der Waals surface area contributed by atoms with Gasteiger partial charge in [-0.2, -0.15) is 0 Å². The molecule has 1 aromatic heterocycles. The van der Waals surface area contributed by atoms with Crippen LogP contribution >= 0.6 is 0 Å². The molecule has 1 atom stereocenters. The van der Waals surface area contributed by atoms with Gasteiger partial charge in [0.2, 0.25) is 0 Å². The van der Waals surface area contributed by atoms with Crippen molar-refractivity contribution in [1.82, 2.24) is 10.4 Å². The molecule has 1 unspecified atom stereocenters. The van der Waals surface area contributed by atoms with Gasteiger partial charge in [0.1, 0.15) is 0 Å². The highest BCUT2D eigenvalue weighted by atomic mass is 15.2. The zero-order valence-corrected chi connectivity index (χ0v) is 10.9. The normalized spacial score (nSPS) is 12.4. The predicted octanol–water partition coefficient (Wildman–Crippen LogP) is 2.51. The summed E-state index contributed by atoms with van der Waals surface area (Å²) >= 11 is 0. The number of aromatic nitrogens is 1. The number of pyridine rings is 1. The van der Waals surface area contributed by atoms with Gasteiger partial charge >= 0.3 is 0 Å². The average molecular weight is 241 g/mol. The zero-order valence-electron chi connectivity index (χ0n) is 10.9. The summed E-state index contributed by atoms with van der Waals surface area (Å²) in [5, 5.41) is 0. The molecule has 0 spiro atoms. The lowest BCUT2D eigenvalue weighted by Crippen LogP contribution is -2.30. The quantitative estimate of drug-likeness (QED) is 0.639. The first kappa shape index (κ1) is 12.7. The van der Waals surface area contributed by atoms with E-state index in [1.54, 1.807) is 6.20 Å². The van der Waals surface area contributed by atoms with Crippen LogP contribution in [0.1, 0.15) is 35.3 Å². The van der Waals surface area contributed by atoms with E-state index in [-0.39, 0.29) is 6.04 Å². The molecular formula is C15H19N3. The second-order valence-electron chi connectivity index (χ2n) is 4.40. The average Bonchev–Trinajstić information content (AvgIpc) is 2.42. The maximum absolute atomic E-state index is 5.69. The summed E-state index contributed by atoms with van der Waals surface area (Å²) in [4.78, 5) is 4.43. The first-order valence-corrected chi connectivity index (χ1v) is 6.22. The van der Waals surface area contributed by atoms with Gasteiger partial charge in [-0.3, -0.25) is 10.8 Å². The van der Waals surface area contributed by atoms with Gasteiger partial charge in [-0.05, 0) is 36.1 Å². The smallest absolute Gasteiger partial charge is 0.0884 e. The lowest BCUT2D eigenvalue weighted by molar-refractivity contribution is 0.617. The highest BCUT2D eigenvalue weighted by Crippen LogP contribution is 2.22. The van der Waals surface area contributed by atoms with Gasteiger partial charge in [0.25, 0.3) is 0 Å². The number of hydrazine groups is 1. The van der Waals surface area contributed by atoms with E-state index in [1.807, 2.05) is 19.1 Å². The molecule has 2 aromatic rings. The first-order valence-electron chi connectivity index (χ1n) is 6.22. The van der Waals surface area contributed by atoms with Crippen LogP contribution in [-0.2, 0) is 6.42 Å². The molecule has 1 aromatic carbocycles. The molecule has 0 amide bonds. The number of nitrogens with two attached hydrogens (primary N) is 1. The lowest BCUT2D eigenvalue weighted by Gasteiger charge is -2.18. The van der Waals surface area contributed by atoms with Crippen molar-refractivity contribution in [3.8, 4) is 0 Å². The van der Waals surface area contributed by atoms with Crippen molar-refractivity contribution in [1.29, 1.82) is 0 Å². The van der Waals surface area contributed by atoms with E-state index in [4.69, 9.17) is 5.84 Å². The Morgan fingerprint density at radius 1 is 1.22 bits per heavy atom. The number of rotatable bonds is 4. The molecule has 94 valence electrons. The Hall–Kier alpha value is -1.71. The van der Waals surface area contributed by atoms with Gasteiger partial charge in [-0.1, -0.05) is 37.3 Å². The Morgan fingerprint density at radius 2 is 1.94 bits per heavy atom. The van der Waals surface area contributed by atoms with Crippen molar-refractivity contribution in [3.63, 3.8) is 0 Å². The minimum Gasteiger partial charge on any atom is -0.271 e. The van der Waals surface area contributed by atoms with Crippen molar-refractivity contribution < 1.29 is 0 Å². The third kappa shape index (κ3) is 2.58. The Bertz CT molecular complexity index is 505. The third-order valence-corrected chi connectivity index (χ3v) is 3.21. The van der Waals surface area contributed by atoms with E-state index >= 15 is 0 Å². The van der Waals surface area contributed by atoms with Crippen LogP contribution in [0.5, 0.6) is 0 Å². The summed E-state index contributed by atoms with van der Waals surface area (Å²) in [7, 11) is 0. The van der Waals surface area contributed by atoms with Gasteiger partial charge in [0, 0.05) is 6.20 Å². The summed E-state index contributed by atoms with van der Waals surface area (Å²) in [6, 6.07) is 12.4. The number of nitrogens with zero attached hydrogens (tertiary/aromatic N) is 1. The van der Waals surface area contributed by atoms with Crippen molar-refractivity contribution in [2.45, 2.75) is 26.3 Å². The van der Waals surface area contributed by atoms with Crippen LogP contribution < -0.4 is 11.3 Å². The predicted molar refractivity (Wildman–Crippen MR) is 74.0 cm³/mol. The molecule has 0 bridgehead atoms. The number of benzene rings is 1. The molecule has 0 aliphatic rings. The lowest BCUT2D eigenvalue weighted by atomic mass is 9.99. The molecule has 3 N–H and O–H groups in total. The molecule has 0 saturated heterocycles. The van der Waals surface area contributed by atoms with Crippen LogP contribution in [0.3, 0.4) is 0 Å². The van der Waals surface area contributed by atoms with Gasteiger partial charge < -0.3 is 0 Å². The number of hydrogen-bond donors (Lipinski definition) is 2. The van der Waals surface area contributed by atoms with E-state index in [1.165, 1.54) is 5.56 Å². The first-order chi connectivity index (χ1) is 8.76. The highest BCUT2D eigenvalue weighted by molar-refractivity contribution is 5.33. The van der Waals surface area contributed by atoms with E-state index in [0.717, 1.165) is 23.2 Å². The van der Waals surface area contributed by atoms with E-state index in [2.05, 4.69) is 41.6 Å². The van der Waals surface area contributed by atoms with E-state index in [9.17, 15) is 0 Å². The molecule has 0 fully saturated rings.